The Morgan fingerprint density at radius 2 is 1.92 bits per heavy atom. The van der Waals surface area contributed by atoms with Gasteiger partial charge in [0.2, 0.25) is 0 Å². The molecule has 0 amide bonds. The third kappa shape index (κ3) is 3.48. The summed E-state index contributed by atoms with van der Waals surface area (Å²) in [5, 5.41) is 20.2. The van der Waals surface area contributed by atoms with E-state index in [1.165, 1.54) is 30.3 Å². The second-order valence-electron chi connectivity index (χ2n) is 5.22. The molecule has 0 N–H and O–H groups in total. The lowest BCUT2D eigenvalue weighted by atomic mass is 10.1. The zero-order valence-electron chi connectivity index (χ0n) is 12.9. The molecule has 0 saturated carbocycles. The summed E-state index contributed by atoms with van der Waals surface area (Å²) in [5.74, 6) is -0.989. The Labute approximate surface area is 143 Å². The van der Waals surface area contributed by atoms with Crippen molar-refractivity contribution < 1.29 is 18.7 Å². The van der Waals surface area contributed by atoms with Crippen molar-refractivity contribution in [3.8, 4) is 17.4 Å². The normalized spacial score (nSPS) is 11.1. The second-order valence-corrected chi connectivity index (χ2v) is 5.22. The van der Waals surface area contributed by atoms with Crippen LogP contribution in [0.25, 0.3) is 23.0 Å². The van der Waals surface area contributed by atoms with Gasteiger partial charge in [-0.05, 0) is 35.9 Å². The van der Waals surface area contributed by atoms with Crippen molar-refractivity contribution >= 4 is 17.6 Å². The maximum absolute atomic E-state index is 13.8. The number of carbonyl (C=O) groups excluding carboxylic acids is 1. The fraction of sp³-hybridized carbons (Fsp3) is 0. The molecule has 4 nitrogen and oxygen atoms in total. The molecule has 0 spiro atoms. The maximum atomic E-state index is 13.8. The van der Waals surface area contributed by atoms with Crippen LogP contribution in [0, 0.1) is 17.1 Å². The molecule has 3 rings (SSSR count). The quantitative estimate of drug-likeness (QED) is 0.685. The first-order chi connectivity index (χ1) is 12.1. The van der Waals surface area contributed by atoms with E-state index in [0.29, 0.717) is 17.1 Å². The average molecular weight is 332 g/mol. The number of hydrogen-bond donors (Lipinski definition) is 0. The molecular weight excluding hydrogens is 321 g/mol. The van der Waals surface area contributed by atoms with Crippen LogP contribution in [-0.2, 0) is 0 Å². The zero-order valence-corrected chi connectivity index (χ0v) is 12.9. The van der Waals surface area contributed by atoms with Crippen LogP contribution in [0.4, 0.5) is 4.39 Å². The second kappa shape index (κ2) is 6.85. The van der Waals surface area contributed by atoms with Crippen LogP contribution >= 0.6 is 0 Å². The van der Waals surface area contributed by atoms with E-state index in [1.54, 1.807) is 36.4 Å². The van der Waals surface area contributed by atoms with Crippen LogP contribution in [0.5, 0.6) is 0 Å². The van der Waals surface area contributed by atoms with Crippen molar-refractivity contribution in [3.05, 3.63) is 83.4 Å². The summed E-state index contributed by atoms with van der Waals surface area (Å²) in [6.07, 6.45) is 1.44. The summed E-state index contributed by atoms with van der Waals surface area (Å²) in [4.78, 5) is 10.9. The lowest BCUT2D eigenvalue weighted by Crippen LogP contribution is -2.22. The van der Waals surface area contributed by atoms with E-state index in [1.807, 2.05) is 6.07 Å². The molecule has 0 aliphatic heterocycles. The SMILES string of the molecule is N#C/C(=C\c1ccc(-c2cccc(C(=O)[O-])c2)o1)c1ccccc1F. The summed E-state index contributed by atoms with van der Waals surface area (Å²) in [5.41, 5.74) is 0.908. The molecule has 1 aromatic heterocycles. The third-order valence-corrected chi connectivity index (χ3v) is 3.58. The number of aromatic carboxylic acids is 1. The molecule has 0 bridgehead atoms. The van der Waals surface area contributed by atoms with Gasteiger partial charge in [-0.2, -0.15) is 5.26 Å². The van der Waals surface area contributed by atoms with Crippen LogP contribution < -0.4 is 5.11 Å². The van der Waals surface area contributed by atoms with Gasteiger partial charge in [0.05, 0.1) is 17.6 Å². The average Bonchev–Trinajstić information content (AvgIpc) is 3.09. The Kier molecular flexibility index (Phi) is 4.44. The highest BCUT2D eigenvalue weighted by molar-refractivity contribution is 5.89. The summed E-state index contributed by atoms with van der Waals surface area (Å²) < 4.78 is 19.5. The molecule has 5 heteroatoms. The molecule has 122 valence electrons. The van der Waals surface area contributed by atoms with Gasteiger partial charge in [0, 0.05) is 11.1 Å². The predicted octanol–water partition coefficient (Wildman–Crippen LogP) is 3.51. The molecule has 0 unspecified atom stereocenters. The van der Waals surface area contributed by atoms with E-state index in [4.69, 9.17) is 4.42 Å². The van der Waals surface area contributed by atoms with Crippen LogP contribution in [0.2, 0.25) is 0 Å². The van der Waals surface area contributed by atoms with Gasteiger partial charge in [0.25, 0.3) is 0 Å². The number of nitriles is 1. The Hall–Kier alpha value is -3.65. The van der Waals surface area contributed by atoms with Gasteiger partial charge >= 0.3 is 0 Å². The molecule has 0 aliphatic rings. The molecule has 0 radical (unpaired) electrons. The first-order valence-electron chi connectivity index (χ1n) is 7.37. The van der Waals surface area contributed by atoms with Crippen molar-refractivity contribution in [2.75, 3.05) is 0 Å². The number of carbonyl (C=O) groups is 1. The topological polar surface area (TPSA) is 77.1 Å². The van der Waals surface area contributed by atoms with Gasteiger partial charge in [0.1, 0.15) is 17.3 Å². The van der Waals surface area contributed by atoms with Crippen molar-refractivity contribution in [1.82, 2.24) is 0 Å². The van der Waals surface area contributed by atoms with E-state index in [-0.39, 0.29) is 16.7 Å². The minimum absolute atomic E-state index is 0.0371. The number of carboxylic acids is 1. The maximum Gasteiger partial charge on any atom is 0.134 e. The molecule has 1 heterocycles. The number of allylic oxidation sites excluding steroid dienone is 1. The lowest BCUT2D eigenvalue weighted by Gasteiger charge is -2.03. The monoisotopic (exact) mass is 332 g/mol. The van der Waals surface area contributed by atoms with Crippen LogP contribution in [0.1, 0.15) is 21.7 Å². The number of carboxylic acid groups (broad SMARTS) is 1. The van der Waals surface area contributed by atoms with Crippen molar-refractivity contribution in [2.45, 2.75) is 0 Å². The Balaban J connectivity index is 1.96. The summed E-state index contributed by atoms with van der Waals surface area (Å²) in [6, 6.07) is 17.3. The number of furan rings is 1. The number of benzene rings is 2. The van der Waals surface area contributed by atoms with E-state index in [0.717, 1.165) is 0 Å². The molecule has 3 aromatic rings. The molecule has 0 fully saturated rings. The lowest BCUT2D eigenvalue weighted by molar-refractivity contribution is -0.255. The zero-order chi connectivity index (χ0) is 17.8. The fourth-order valence-corrected chi connectivity index (χ4v) is 2.38. The van der Waals surface area contributed by atoms with Crippen molar-refractivity contribution in [2.24, 2.45) is 0 Å². The first kappa shape index (κ1) is 16.2. The molecule has 2 aromatic carbocycles. The van der Waals surface area contributed by atoms with Crippen LogP contribution in [0.3, 0.4) is 0 Å². The molecule has 0 aliphatic carbocycles. The van der Waals surface area contributed by atoms with Crippen molar-refractivity contribution in [1.29, 1.82) is 5.26 Å². The third-order valence-electron chi connectivity index (χ3n) is 3.58. The van der Waals surface area contributed by atoms with E-state index >= 15 is 0 Å². The molecule has 0 saturated heterocycles. The van der Waals surface area contributed by atoms with Crippen LogP contribution in [0.15, 0.2) is 65.1 Å². The predicted molar refractivity (Wildman–Crippen MR) is 88.4 cm³/mol. The van der Waals surface area contributed by atoms with Gasteiger partial charge in [-0.3, -0.25) is 0 Å². The van der Waals surface area contributed by atoms with E-state index < -0.39 is 11.8 Å². The molecule has 25 heavy (non-hydrogen) atoms. The van der Waals surface area contributed by atoms with Gasteiger partial charge in [0.15, 0.2) is 0 Å². The van der Waals surface area contributed by atoms with E-state index in [9.17, 15) is 19.6 Å². The van der Waals surface area contributed by atoms with Gasteiger partial charge < -0.3 is 14.3 Å². The summed E-state index contributed by atoms with van der Waals surface area (Å²) in [7, 11) is 0. The number of halogens is 1. The highest BCUT2D eigenvalue weighted by Crippen LogP contribution is 2.26. The molecular formula is C20H11FNO3-. The highest BCUT2D eigenvalue weighted by atomic mass is 19.1. The van der Waals surface area contributed by atoms with E-state index in [2.05, 4.69) is 0 Å². The Morgan fingerprint density at radius 3 is 2.64 bits per heavy atom. The Morgan fingerprint density at radius 1 is 1.12 bits per heavy atom. The number of nitrogens with zero attached hydrogens (tertiary/aromatic N) is 1. The number of rotatable bonds is 4. The van der Waals surface area contributed by atoms with Gasteiger partial charge in [-0.15, -0.1) is 0 Å². The summed E-state index contributed by atoms with van der Waals surface area (Å²) >= 11 is 0. The van der Waals surface area contributed by atoms with Gasteiger partial charge in [-0.1, -0.05) is 36.4 Å². The standard InChI is InChI=1S/C20H12FNO3/c21-18-7-2-1-6-17(18)15(12-22)11-16-8-9-19(25-16)13-4-3-5-14(10-13)20(23)24/h1-11H,(H,23,24)/p-1/b15-11+. The minimum atomic E-state index is -1.28. The smallest absolute Gasteiger partial charge is 0.134 e. The first-order valence-corrected chi connectivity index (χ1v) is 7.37. The highest BCUT2D eigenvalue weighted by Gasteiger charge is 2.09. The minimum Gasteiger partial charge on any atom is -0.545 e. The fourth-order valence-electron chi connectivity index (χ4n) is 2.38. The summed E-state index contributed by atoms with van der Waals surface area (Å²) in [6.45, 7) is 0. The van der Waals surface area contributed by atoms with Crippen molar-refractivity contribution in [3.63, 3.8) is 0 Å². The largest absolute Gasteiger partial charge is 0.545 e. The number of hydrogen-bond acceptors (Lipinski definition) is 4. The Bertz CT molecular complexity index is 1010. The van der Waals surface area contributed by atoms with Crippen LogP contribution in [-0.4, -0.2) is 5.97 Å². The van der Waals surface area contributed by atoms with Gasteiger partial charge in [-0.25, -0.2) is 4.39 Å². The molecule has 0 atom stereocenters.